The number of piperidine rings is 1. The number of anilines is 4. The van der Waals surface area contributed by atoms with Gasteiger partial charge in [0, 0.05) is 69.5 Å². The molecule has 6 rings (SSSR count). The predicted octanol–water partition coefficient (Wildman–Crippen LogP) is 4.21. The molecule has 0 bridgehead atoms. The summed E-state index contributed by atoms with van der Waals surface area (Å²) >= 11 is 0. The first-order valence-corrected chi connectivity index (χ1v) is 14.1. The number of rotatable bonds is 9. The van der Waals surface area contributed by atoms with Crippen molar-refractivity contribution in [3.8, 4) is 17.0 Å². The van der Waals surface area contributed by atoms with Gasteiger partial charge in [0.2, 0.25) is 5.91 Å². The van der Waals surface area contributed by atoms with Crippen LogP contribution < -0.4 is 20.3 Å². The minimum atomic E-state index is -0.275. The number of nitrogens with zero attached hydrogens (tertiary/aromatic N) is 6. The molecule has 1 amide bonds. The van der Waals surface area contributed by atoms with Crippen molar-refractivity contribution in [3.63, 3.8) is 0 Å². The molecule has 2 aliphatic heterocycles. The first-order chi connectivity index (χ1) is 20.4. The van der Waals surface area contributed by atoms with Crippen LogP contribution >= 0.6 is 0 Å². The number of fused-ring (bicyclic) bond motifs is 1. The van der Waals surface area contributed by atoms with Crippen LogP contribution in [0.1, 0.15) is 12.8 Å². The van der Waals surface area contributed by atoms with Gasteiger partial charge in [-0.25, -0.2) is 9.97 Å². The van der Waals surface area contributed by atoms with Gasteiger partial charge in [0.1, 0.15) is 17.9 Å². The number of methoxy groups -OCH3 is 2. The molecule has 0 radical (unpaired) electrons. The summed E-state index contributed by atoms with van der Waals surface area (Å²) in [4.78, 5) is 26.2. The zero-order chi connectivity index (χ0) is 29.2. The largest absolute Gasteiger partial charge is 0.494 e. The van der Waals surface area contributed by atoms with Crippen LogP contribution in [-0.2, 0) is 16.6 Å². The summed E-state index contributed by atoms with van der Waals surface area (Å²) in [7, 11) is 5.34. The van der Waals surface area contributed by atoms with Crippen molar-refractivity contribution in [3.05, 3.63) is 61.6 Å². The Morgan fingerprint density at radius 3 is 2.62 bits per heavy atom. The molecule has 0 aliphatic carbocycles. The highest BCUT2D eigenvalue weighted by Gasteiger charge is 2.34. The van der Waals surface area contributed by atoms with E-state index < -0.39 is 0 Å². The highest BCUT2D eigenvalue weighted by atomic mass is 16.5. The molecule has 2 aliphatic rings. The number of ether oxygens (including phenoxy) is 2. The predicted molar refractivity (Wildman–Crippen MR) is 164 cm³/mol. The quantitative estimate of drug-likeness (QED) is 0.287. The van der Waals surface area contributed by atoms with Crippen LogP contribution in [0.5, 0.6) is 5.75 Å². The maximum Gasteiger partial charge on any atom is 0.247 e. The van der Waals surface area contributed by atoms with Crippen LogP contribution in [-0.4, -0.2) is 83.1 Å². The number of carbonyl (C=O) groups is 1. The second-order valence-electron chi connectivity index (χ2n) is 10.7. The molecule has 4 heterocycles. The Hall–Kier alpha value is -4.48. The fourth-order valence-electron chi connectivity index (χ4n) is 5.79. The van der Waals surface area contributed by atoms with Gasteiger partial charge < -0.3 is 25.0 Å². The third-order valence-electron chi connectivity index (χ3n) is 8.27. The zero-order valence-corrected chi connectivity index (χ0v) is 24.2. The molecule has 2 fully saturated rings. The van der Waals surface area contributed by atoms with E-state index in [1.807, 2.05) is 48.3 Å². The number of amides is 1. The minimum Gasteiger partial charge on any atom is -0.494 e. The van der Waals surface area contributed by atoms with E-state index in [4.69, 9.17) is 9.47 Å². The SMILES string of the molecule is C=CC(=O)Nc1cc(Nc2cc(-c3ccc4cnn(C)c4c3)ncn2)c(OC)cc1N1CCC(N2CC(OC)C2)CC1. The van der Waals surface area contributed by atoms with E-state index in [9.17, 15) is 4.79 Å². The molecule has 0 unspecified atom stereocenters. The Morgan fingerprint density at radius 2 is 1.88 bits per heavy atom. The zero-order valence-electron chi connectivity index (χ0n) is 24.2. The summed E-state index contributed by atoms with van der Waals surface area (Å²) in [6.45, 7) is 7.39. The number of aryl methyl sites for hydroxylation is 1. The number of likely N-dealkylation sites (tertiary alicyclic amines) is 1. The summed E-state index contributed by atoms with van der Waals surface area (Å²) < 4.78 is 13.1. The van der Waals surface area contributed by atoms with Gasteiger partial charge in [0.05, 0.1) is 47.7 Å². The second-order valence-corrected chi connectivity index (χ2v) is 10.7. The molecular weight excluding hydrogens is 532 g/mol. The maximum atomic E-state index is 12.4. The molecule has 2 saturated heterocycles. The van der Waals surface area contributed by atoms with Crippen LogP contribution in [0.2, 0.25) is 0 Å². The van der Waals surface area contributed by atoms with Crippen molar-refractivity contribution in [2.75, 3.05) is 55.9 Å². The fraction of sp³-hybridized carbons (Fsp3) is 0.355. The molecule has 0 atom stereocenters. The Morgan fingerprint density at radius 1 is 1.07 bits per heavy atom. The topological polar surface area (TPSA) is 110 Å². The van der Waals surface area contributed by atoms with E-state index >= 15 is 0 Å². The lowest BCUT2D eigenvalue weighted by Crippen LogP contribution is -2.58. The lowest BCUT2D eigenvalue weighted by atomic mass is 9.98. The highest BCUT2D eigenvalue weighted by molar-refractivity contribution is 6.02. The van der Waals surface area contributed by atoms with Gasteiger partial charge in [0.25, 0.3) is 0 Å². The third kappa shape index (κ3) is 5.53. The van der Waals surface area contributed by atoms with Gasteiger partial charge in [-0.3, -0.25) is 14.4 Å². The summed E-state index contributed by atoms with van der Waals surface area (Å²) in [5.41, 5.74) is 5.02. The van der Waals surface area contributed by atoms with Gasteiger partial charge in [-0.2, -0.15) is 5.10 Å². The average molecular weight is 569 g/mol. The molecule has 0 spiro atoms. The fourth-order valence-corrected chi connectivity index (χ4v) is 5.79. The van der Waals surface area contributed by atoms with Crippen molar-refractivity contribution in [1.29, 1.82) is 0 Å². The molecule has 11 nitrogen and oxygen atoms in total. The smallest absolute Gasteiger partial charge is 0.247 e. The molecule has 2 aromatic carbocycles. The van der Waals surface area contributed by atoms with E-state index in [0.717, 1.165) is 66.9 Å². The number of carbonyl (C=O) groups excluding carboxylic acids is 1. The van der Waals surface area contributed by atoms with E-state index in [2.05, 4.69) is 48.1 Å². The monoisotopic (exact) mass is 568 g/mol. The van der Waals surface area contributed by atoms with Crippen molar-refractivity contribution in [2.24, 2.45) is 7.05 Å². The van der Waals surface area contributed by atoms with Crippen LogP contribution in [0.3, 0.4) is 0 Å². The van der Waals surface area contributed by atoms with Crippen LogP contribution in [0, 0.1) is 0 Å². The molecule has 4 aromatic rings. The van der Waals surface area contributed by atoms with E-state index in [1.54, 1.807) is 14.2 Å². The van der Waals surface area contributed by atoms with Gasteiger partial charge in [-0.15, -0.1) is 0 Å². The van der Waals surface area contributed by atoms with E-state index in [0.29, 0.717) is 35.1 Å². The van der Waals surface area contributed by atoms with Crippen molar-refractivity contribution in [2.45, 2.75) is 25.0 Å². The maximum absolute atomic E-state index is 12.4. The van der Waals surface area contributed by atoms with Crippen LogP contribution in [0.15, 0.2) is 61.6 Å². The van der Waals surface area contributed by atoms with Gasteiger partial charge in [-0.1, -0.05) is 18.7 Å². The Bertz CT molecular complexity index is 1610. The molecule has 11 heteroatoms. The number of benzene rings is 2. The third-order valence-corrected chi connectivity index (χ3v) is 8.27. The summed E-state index contributed by atoms with van der Waals surface area (Å²) in [5.74, 6) is 0.969. The molecule has 2 N–H and O–H groups in total. The highest BCUT2D eigenvalue weighted by Crippen LogP contribution is 2.40. The Kier molecular flexibility index (Phi) is 7.77. The number of nitrogens with one attached hydrogen (secondary N) is 2. The van der Waals surface area contributed by atoms with Crippen molar-refractivity contribution >= 4 is 39.7 Å². The molecule has 218 valence electrons. The Labute approximate surface area is 245 Å². The van der Waals surface area contributed by atoms with Crippen molar-refractivity contribution < 1.29 is 14.3 Å². The van der Waals surface area contributed by atoms with Gasteiger partial charge in [0.15, 0.2) is 0 Å². The number of hydrogen-bond donors (Lipinski definition) is 2. The lowest BCUT2D eigenvalue weighted by molar-refractivity contribution is -0.111. The molecular formula is C31H36N8O3. The van der Waals surface area contributed by atoms with Gasteiger partial charge in [-0.05, 0) is 31.1 Å². The first kappa shape index (κ1) is 27.7. The van der Waals surface area contributed by atoms with Crippen LogP contribution in [0.25, 0.3) is 22.2 Å². The molecule has 2 aromatic heterocycles. The van der Waals surface area contributed by atoms with Crippen molar-refractivity contribution in [1.82, 2.24) is 24.6 Å². The average Bonchev–Trinajstić information content (AvgIpc) is 3.37. The number of hydrogen-bond acceptors (Lipinski definition) is 9. The standard InChI is InChI=1S/C31H36N8O3/c1-5-31(40)36-25-13-26(29(42-4)15-28(25)38-10-8-22(9-11-38)39-17-23(18-39)41-3)35-30-14-24(32-19-33-30)20-6-7-21-16-34-37(2)27(21)12-20/h5-7,12-16,19,22-23H,1,8-11,17-18H2,2-4H3,(H,36,40)(H,32,33,35). The summed E-state index contributed by atoms with van der Waals surface area (Å²) in [5, 5.41) is 11.8. The van der Waals surface area contributed by atoms with Gasteiger partial charge >= 0.3 is 0 Å². The molecule has 0 saturated carbocycles. The lowest BCUT2D eigenvalue weighted by Gasteiger charge is -2.47. The Balaban J connectivity index is 1.25. The summed E-state index contributed by atoms with van der Waals surface area (Å²) in [6.07, 6.45) is 7.09. The first-order valence-electron chi connectivity index (χ1n) is 14.1. The number of aromatic nitrogens is 4. The summed E-state index contributed by atoms with van der Waals surface area (Å²) in [6, 6.07) is 12.4. The normalized spacial score (nSPS) is 16.3. The van der Waals surface area contributed by atoms with Crippen LogP contribution in [0.4, 0.5) is 22.9 Å². The van der Waals surface area contributed by atoms with E-state index in [-0.39, 0.29) is 5.91 Å². The van der Waals surface area contributed by atoms with E-state index in [1.165, 1.54) is 12.4 Å². The minimum absolute atomic E-state index is 0.275. The molecule has 42 heavy (non-hydrogen) atoms. The second kappa shape index (κ2) is 11.8.